The van der Waals surface area contributed by atoms with Crippen molar-refractivity contribution in [2.45, 2.75) is 26.3 Å². The number of carbonyl (C=O) groups is 2. The molecule has 5 heteroatoms. The van der Waals surface area contributed by atoms with Crippen molar-refractivity contribution >= 4 is 23.2 Å². The van der Waals surface area contributed by atoms with Gasteiger partial charge >= 0.3 is 0 Å². The number of hydrogen-bond donors (Lipinski definition) is 2. The molecular weight excluding hydrogens is 326 g/mol. The van der Waals surface area contributed by atoms with E-state index in [1.54, 1.807) is 18.0 Å². The van der Waals surface area contributed by atoms with Gasteiger partial charge in [0.1, 0.15) is 0 Å². The second-order valence-electron chi connectivity index (χ2n) is 6.62. The molecule has 0 radical (unpaired) electrons. The first-order valence-electron chi connectivity index (χ1n) is 9.07. The zero-order valence-electron chi connectivity index (χ0n) is 15.3. The van der Waals surface area contributed by atoms with Gasteiger partial charge in [0.25, 0.3) is 5.91 Å². The van der Waals surface area contributed by atoms with E-state index < -0.39 is 0 Å². The number of amides is 2. The molecule has 0 aromatic heterocycles. The molecule has 26 heavy (non-hydrogen) atoms. The number of benzene rings is 2. The van der Waals surface area contributed by atoms with Gasteiger partial charge in [0.15, 0.2) is 0 Å². The highest BCUT2D eigenvalue weighted by atomic mass is 16.2. The average molecular weight is 351 g/mol. The van der Waals surface area contributed by atoms with E-state index in [1.165, 1.54) is 0 Å². The molecule has 1 aliphatic carbocycles. The van der Waals surface area contributed by atoms with E-state index in [-0.39, 0.29) is 17.7 Å². The lowest BCUT2D eigenvalue weighted by Gasteiger charge is -2.20. The molecule has 0 aliphatic heterocycles. The topological polar surface area (TPSA) is 61.4 Å². The highest BCUT2D eigenvalue weighted by Crippen LogP contribution is 2.33. The highest BCUT2D eigenvalue weighted by molar-refractivity contribution is 6.10. The monoisotopic (exact) mass is 351 g/mol. The lowest BCUT2D eigenvalue weighted by molar-refractivity contribution is -0.119. The second kappa shape index (κ2) is 8.15. The van der Waals surface area contributed by atoms with Crippen LogP contribution in [-0.2, 0) is 11.3 Å². The maximum Gasteiger partial charge on any atom is 0.257 e. The Kier molecular flexibility index (Phi) is 5.68. The molecule has 0 atom stereocenters. The Labute approximate surface area is 154 Å². The predicted molar refractivity (Wildman–Crippen MR) is 104 cm³/mol. The first-order valence-corrected chi connectivity index (χ1v) is 9.07. The summed E-state index contributed by atoms with van der Waals surface area (Å²) in [6, 6.07) is 15.0. The number of nitrogens with one attached hydrogen (secondary N) is 2. The van der Waals surface area contributed by atoms with E-state index in [0.29, 0.717) is 11.3 Å². The molecule has 2 aromatic carbocycles. The van der Waals surface area contributed by atoms with Crippen LogP contribution in [0.3, 0.4) is 0 Å². The fourth-order valence-electron chi connectivity index (χ4n) is 2.91. The van der Waals surface area contributed by atoms with Crippen molar-refractivity contribution in [1.82, 2.24) is 5.32 Å². The Balaban J connectivity index is 1.77. The lowest BCUT2D eigenvalue weighted by Crippen LogP contribution is -2.29. The molecule has 0 saturated heterocycles. The van der Waals surface area contributed by atoms with E-state index in [1.807, 2.05) is 42.5 Å². The minimum absolute atomic E-state index is 0.0814. The van der Waals surface area contributed by atoms with E-state index in [4.69, 9.17) is 0 Å². The number of para-hydroxylation sites is 1. The summed E-state index contributed by atoms with van der Waals surface area (Å²) in [6.45, 7) is 3.71. The van der Waals surface area contributed by atoms with Crippen LogP contribution in [-0.4, -0.2) is 25.4 Å². The van der Waals surface area contributed by atoms with Crippen LogP contribution in [0.1, 0.15) is 35.7 Å². The van der Waals surface area contributed by atoms with Crippen LogP contribution in [0, 0.1) is 5.92 Å². The summed E-state index contributed by atoms with van der Waals surface area (Å²) >= 11 is 0. The minimum atomic E-state index is -0.211. The van der Waals surface area contributed by atoms with Crippen molar-refractivity contribution in [1.29, 1.82) is 0 Å². The van der Waals surface area contributed by atoms with Crippen LogP contribution in [0.15, 0.2) is 48.5 Å². The molecule has 2 amide bonds. The quantitative estimate of drug-likeness (QED) is 0.803. The maximum absolute atomic E-state index is 12.8. The van der Waals surface area contributed by atoms with Gasteiger partial charge in [-0.25, -0.2) is 0 Å². The predicted octanol–water partition coefficient (Wildman–Crippen LogP) is 3.42. The molecule has 0 heterocycles. The minimum Gasteiger partial charge on any atom is -0.322 e. The summed E-state index contributed by atoms with van der Waals surface area (Å²) in [5.74, 6) is -0.0200. The molecule has 5 nitrogen and oxygen atoms in total. The summed E-state index contributed by atoms with van der Waals surface area (Å²) in [5, 5.41) is 6.22. The van der Waals surface area contributed by atoms with E-state index in [2.05, 4.69) is 17.6 Å². The average Bonchev–Trinajstić information content (AvgIpc) is 3.50. The van der Waals surface area contributed by atoms with Gasteiger partial charge in [-0.1, -0.05) is 31.2 Å². The largest absolute Gasteiger partial charge is 0.322 e. The van der Waals surface area contributed by atoms with Crippen LogP contribution in [0.4, 0.5) is 11.4 Å². The molecule has 0 spiro atoms. The third-order valence-corrected chi connectivity index (χ3v) is 4.53. The Bertz CT molecular complexity index is 799. The van der Waals surface area contributed by atoms with Crippen molar-refractivity contribution in [3.63, 3.8) is 0 Å². The Morgan fingerprint density at radius 1 is 1.12 bits per heavy atom. The third kappa shape index (κ3) is 4.29. The van der Waals surface area contributed by atoms with Crippen LogP contribution in [0.5, 0.6) is 0 Å². The van der Waals surface area contributed by atoms with Crippen LogP contribution < -0.4 is 15.5 Å². The van der Waals surface area contributed by atoms with Gasteiger partial charge in [-0.15, -0.1) is 0 Å². The molecule has 1 fully saturated rings. The van der Waals surface area contributed by atoms with Gasteiger partial charge in [-0.05, 0) is 49.2 Å². The van der Waals surface area contributed by atoms with Crippen LogP contribution in [0.2, 0.25) is 0 Å². The summed E-state index contributed by atoms with van der Waals surface area (Å²) in [7, 11) is 1.74. The van der Waals surface area contributed by atoms with Crippen molar-refractivity contribution in [3.05, 3.63) is 59.7 Å². The SMILES string of the molecule is CCNCc1cccc(NC(=O)c2ccccc2N(C)C(=O)C2CC2)c1. The molecule has 2 aromatic rings. The Morgan fingerprint density at radius 2 is 1.88 bits per heavy atom. The van der Waals surface area contributed by atoms with Gasteiger partial charge in [-0.2, -0.15) is 0 Å². The molecule has 0 bridgehead atoms. The molecule has 2 N–H and O–H groups in total. The second-order valence-corrected chi connectivity index (χ2v) is 6.62. The molecule has 1 saturated carbocycles. The molecule has 136 valence electrons. The van der Waals surface area contributed by atoms with Crippen molar-refractivity contribution in [2.75, 3.05) is 23.8 Å². The van der Waals surface area contributed by atoms with Crippen molar-refractivity contribution < 1.29 is 9.59 Å². The number of carbonyl (C=O) groups excluding carboxylic acids is 2. The fourth-order valence-corrected chi connectivity index (χ4v) is 2.91. The fraction of sp³-hybridized carbons (Fsp3) is 0.333. The van der Waals surface area contributed by atoms with Gasteiger partial charge in [0.05, 0.1) is 11.3 Å². The Morgan fingerprint density at radius 3 is 2.62 bits per heavy atom. The van der Waals surface area contributed by atoms with Gasteiger partial charge in [0, 0.05) is 25.2 Å². The van der Waals surface area contributed by atoms with Crippen molar-refractivity contribution in [3.8, 4) is 0 Å². The number of rotatable bonds is 7. The molecular formula is C21H25N3O2. The molecule has 3 rings (SSSR count). The normalized spacial score (nSPS) is 13.3. The molecule has 1 aliphatic rings. The number of anilines is 2. The standard InChI is InChI=1S/C21H25N3O2/c1-3-22-14-15-7-6-8-17(13-15)23-20(25)18-9-4-5-10-19(18)24(2)21(26)16-11-12-16/h4-10,13,16,22H,3,11-12,14H2,1-2H3,(H,23,25). The first-order chi connectivity index (χ1) is 12.6. The zero-order chi connectivity index (χ0) is 18.5. The number of hydrogen-bond acceptors (Lipinski definition) is 3. The highest BCUT2D eigenvalue weighted by Gasteiger charge is 2.33. The van der Waals surface area contributed by atoms with Crippen LogP contribution in [0.25, 0.3) is 0 Å². The molecule has 0 unspecified atom stereocenters. The summed E-state index contributed by atoms with van der Waals surface area (Å²) in [4.78, 5) is 26.8. The van der Waals surface area contributed by atoms with Gasteiger partial charge in [-0.3, -0.25) is 9.59 Å². The van der Waals surface area contributed by atoms with Gasteiger partial charge < -0.3 is 15.5 Å². The summed E-state index contributed by atoms with van der Waals surface area (Å²) in [6.07, 6.45) is 1.88. The van der Waals surface area contributed by atoms with E-state index in [0.717, 1.165) is 37.2 Å². The number of nitrogens with zero attached hydrogens (tertiary/aromatic N) is 1. The first kappa shape index (κ1) is 18.1. The van der Waals surface area contributed by atoms with Gasteiger partial charge in [0.2, 0.25) is 5.91 Å². The zero-order valence-corrected chi connectivity index (χ0v) is 15.3. The lowest BCUT2D eigenvalue weighted by atomic mass is 10.1. The van der Waals surface area contributed by atoms with Crippen LogP contribution >= 0.6 is 0 Å². The van der Waals surface area contributed by atoms with E-state index >= 15 is 0 Å². The third-order valence-electron chi connectivity index (χ3n) is 4.53. The smallest absolute Gasteiger partial charge is 0.257 e. The van der Waals surface area contributed by atoms with E-state index in [9.17, 15) is 9.59 Å². The maximum atomic E-state index is 12.8. The summed E-state index contributed by atoms with van der Waals surface area (Å²) in [5.41, 5.74) is 3.00. The summed E-state index contributed by atoms with van der Waals surface area (Å²) < 4.78 is 0. The Hall–Kier alpha value is -2.66. The van der Waals surface area contributed by atoms with Crippen molar-refractivity contribution in [2.24, 2.45) is 5.92 Å².